The first-order chi connectivity index (χ1) is 6.86. The Balaban J connectivity index is 3.23. The minimum absolute atomic E-state index is 0.326. The maximum atomic E-state index is 12.8. The zero-order chi connectivity index (χ0) is 11.6. The van der Waals surface area contributed by atoms with E-state index in [9.17, 15) is 22.1 Å². The molecule has 0 aliphatic carbocycles. The first-order valence-electron chi connectivity index (χ1n) is 3.94. The van der Waals surface area contributed by atoms with Gasteiger partial charge < -0.3 is 17.7 Å². The van der Waals surface area contributed by atoms with Crippen LogP contribution in [0.5, 0.6) is 0 Å². The molecule has 15 heavy (non-hydrogen) atoms. The van der Waals surface area contributed by atoms with Gasteiger partial charge in [0.05, 0.1) is 18.5 Å². The lowest BCUT2D eigenvalue weighted by Crippen LogP contribution is -2.37. The van der Waals surface area contributed by atoms with Crippen molar-refractivity contribution in [2.75, 3.05) is 7.11 Å². The second kappa shape index (κ2) is 3.92. The van der Waals surface area contributed by atoms with Gasteiger partial charge in [0.2, 0.25) is 0 Å². The van der Waals surface area contributed by atoms with E-state index < -0.39 is 24.2 Å². The molecule has 0 aromatic heterocycles. The van der Waals surface area contributed by atoms with Gasteiger partial charge in [0.1, 0.15) is 0 Å². The Morgan fingerprint density at radius 2 is 1.93 bits per heavy atom. The first kappa shape index (κ1) is 11.5. The molecule has 0 aliphatic rings. The van der Waals surface area contributed by atoms with E-state index >= 15 is 0 Å². The number of methoxy groups -OCH3 is 1. The van der Waals surface area contributed by atoms with Gasteiger partial charge in [0, 0.05) is 0 Å². The fraction of sp³-hybridized carbons (Fsp3) is 0.125. The molecule has 0 aliphatic heterocycles. The van der Waals surface area contributed by atoms with Crippen molar-refractivity contribution >= 4 is 18.4 Å². The average Bonchev–Trinajstić information content (AvgIpc) is 2.15. The van der Waals surface area contributed by atoms with E-state index in [1.54, 1.807) is 0 Å². The standard InChI is InChI=1S/C8H6BF4O2/c1-15-8(14)5-2-3-7(10)6(4-5)9(11,12)13/h2-4H,1H3/q-1. The zero-order valence-corrected chi connectivity index (χ0v) is 7.64. The summed E-state index contributed by atoms with van der Waals surface area (Å²) >= 11 is 0. The van der Waals surface area contributed by atoms with Gasteiger partial charge in [-0.15, -0.1) is 0 Å². The summed E-state index contributed by atoms with van der Waals surface area (Å²) in [7, 11) is 1.03. The number of benzene rings is 1. The second-order valence-corrected chi connectivity index (χ2v) is 2.80. The van der Waals surface area contributed by atoms with Crippen LogP contribution in [0.4, 0.5) is 17.3 Å². The van der Waals surface area contributed by atoms with E-state index in [1.165, 1.54) is 0 Å². The molecular weight excluding hydrogens is 215 g/mol. The largest absolute Gasteiger partial charge is 0.512 e. The van der Waals surface area contributed by atoms with Crippen LogP contribution in [0.3, 0.4) is 0 Å². The van der Waals surface area contributed by atoms with E-state index in [4.69, 9.17) is 0 Å². The molecule has 0 radical (unpaired) electrons. The Hall–Kier alpha value is -1.53. The third-order valence-corrected chi connectivity index (χ3v) is 1.77. The number of halogens is 4. The summed E-state index contributed by atoms with van der Waals surface area (Å²) in [6, 6.07) is 1.98. The van der Waals surface area contributed by atoms with Gasteiger partial charge in [-0.05, 0) is 12.1 Å². The molecule has 1 rings (SSSR count). The van der Waals surface area contributed by atoms with Crippen LogP contribution in [0.2, 0.25) is 0 Å². The van der Waals surface area contributed by atoms with Crippen molar-refractivity contribution in [2.45, 2.75) is 0 Å². The lowest BCUT2D eigenvalue weighted by Gasteiger charge is -2.16. The molecule has 0 unspecified atom stereocenters. The van der Waals surface area contributed by atoms with Crippen LogP contribution in [0.25, 0.3) is 0 Å². The molecule has 0 saturated heterocycles. The fourth-order valence-corrected chi connectivity index (χ4v) is 1.04. The summed E-state index contributed by atoms with van der Waals surface area (Å²) in [6.45, 7) is -5.47. The quantitative estimate of drug-likeness (QED) is 0.431. The summed E-state index contributed by atoms with van der Waals surface area (Å²) in [5.74, 6) is -2.33. The van der Waals surface area contributed by atoms with Crippen molar-refractivity contribution in [2.24, 2.45) is 0 Å². The second-order valence-electron chi connectivity index (χ2n) is 2.80. The van der Waals surface area contributed by atoms with Crippen LogP contribution < -0.4 is 5.46 Å². The molecule has 82 valence electrons. The third-order valence-electron chi connectivity index (χ3n) is 1.77. The van der Waals surface area contributed by atoms with Gasteiger partial charge in [0.15, 0.2) is 0 Å². The van der Waals surface area contributed by atoms with Crippen LogP contribution in [-0.4, -0.2) is 20.1 Å². The summed E-state index contributed by atoms with van der Waals surface area (Å²) in [6.07, 6.45) is 0. The van der Waals surface area contributed by atoms with E-state index in [2.05, 4.69) is 4.74 Å². The maximum absolute atomic E-state index is 12.8. The van der Waals surface area contributed by atoms with Gasteiger partial charge in [-0.3, -0.25) is 0 Å². The first-order valence-corrected chi connectivity index (χ1v) is 3.94. The lowest BCUT2D eigenvalue weighted by molar-refractivity contribution is 0.0601. The molecule has 0 amide bonds. The maximum Gasteiger partial charge on any atom is 0.512 e. The summed E-state index contributed by atoms with van der Waals surface area (Å²) < 4.78 is 53.8. The van der Waals surface area contributed by atoms with E-state index in [0.29, 0.717) is 12.1 Å². The molecule has 7 heteroatoms. The topological polar surface area (TPSA) is 26.3 Å². The van der Waals surface area contributed by atoms with Crippen molar-refractivity contribution in [3.63, 3.8) is 0 Å². The van der Waals surface area contributed by atoms with Crippen LogP contribution >= 0.6 is 0 Å². The number of carbonyl (C=O) groups excluding carboxylic acids is 1. The van der Waals surface area contributed by atoms with Gasteiger partial charge >= 0.3 is 12.9 Å². The molecule has 1 aromatic rings. The predicted octanol–water partition coefficient (Wildman–Crippen LogP) is 1.67. The molecule has 0 bridgehead atoms. The zero-order valence-electron chi connectivity index (χ0n) is 7.64. The number of esters is 1. The van der Waals surface area contributed by atoms with E-state index in [0.717, 1.165) is 13.2 Å². The molecule has 2 nitrogen and oxygen atoms in total. The van der Waals surface area contributed by atoms with E-state index in [1.807, 2.05) is 0 Å². The normalized spacial score (nSPS) is 11.3. The van der Waals surface area contributed by atoms with Gasteiger partial charge in [-0.25, -0.2) is 9.18 Å². The predicted molar refractivity (Wildman–Crippen MR) is 46.5 cm³/mol. The number of ether oxygens (including phenoxy) is 1. The van der Waals surface area contributed by atoms with Gasteiger partial charge in [0.25, 0.3) is 0 Å². The summed E-state index contributed by atoms with van der Waals surface area (Å²) in [5.41, 5.74) is -1.74. The van der Waals surface area contributed by atoms with Crippen molar-refractivity contribution in [1.82, 2.24) is 0 Å². The molecule has 0 N–H and O–H groups in total. The molecule has 0 heterocycles. The Morgan fingerprint density at radius 1 is 1.33 bits per heavy atom. The monoisotopic (exact) mass is 221 g/mol. The SMILES string of the molecule is COC(=O)c1ccc(F)c([B-](F)(F)F)c1. The van der Waals surface area contributed by atoms with Crippen LogP contribution in [-0.2, 0) is 4.74 Å². The minimum Gasteiger partial charge on any atom is -0.465 e. The van der Waals surface area contributed by atoms with Crippen LogP contribution in [0.1, 0.15) is 10.4 Å². The van der Waals surface area contributed by atoms with Gasteiger partial charge in [-0.1, -0.05) is 11.5 Å². The Morgan fingerprint density at radius 3 is 2.40 bits per heavy atom. The molecule has 0 atom stereocenters. The Kier molecular flexibility index (Phi) is 3.02. The molecular formula is C8H6BF4O2-. The third kappa shape index (κ3) is 2.48. The Labute approximate surface area is 82.9 Å². The highest BCUT2D eigenvalue weighted by molar-refractivity contribution is 6.73. The van der Waals surface area contributed by atoms with Crippen molar-refractivity contribution < 1.29 is 26.9 Å². The number of carbonyl (C=O) groups is 1. The molecule has 0 fully saturated rings. The smallest absolute Gasteiger partial charge is 0.465 e. The van der Waals surface area contributed by atoms with E-state index in [-0.39, 0.29) is 5.56 Å². The number of hydrogen-bond donors (Lipinski definition) is 0. The van der Waals surface area contributed by atoms with Crippen molar-refractivity contribution in [3.05, 3.63) is 29.6 Å². The highest BCUT2D eigenvalue weighted by Crippen LogP contribution is 2.13. The average molecular weight is 221 g/mol. The Bertz CT molecular complexity index is 389. The molecule has 0 saturated carbocycles. The highest BCUT2D eigenvalue weighted by Gasteiger charge is 2.29. The summed E-state index contributed by atoms with van der Waals surface area (Å²) in [4.78, 5) is 10.9. The van der Waals surface area contributed by atoms with Crippen molar-refractivity contribution in [1.29, 1.82) is 0 Å². The summed E-state index contributed by atoms with van der Waals surface area (Å²) in [5, 5.41) is 0. The number of rotatable bonds is 2. The fourth-order valence-electron chi connectivity index (χ4n) is 1.04. The van der Waals surface area contributed by atoms with Crippen LogP contribution in [0.15, 0.2) is 18.2 Å². The van der Waals surface area contributed by atoms with Crippen LogP contribution in [0, 0.1) is 5.82 Å². The molecule has 1 aromatic carbocycles. The van der Waals surface area contributed by atoms with Crippen molar-refractivity contribution in [3.8, 4) is 0 Å². The molecule has 0 spiro atoms. The van der Waals surface area contributed by atoms with Gasteiger partial charge in [-0.2, -0.15) is 0 Å². The lowest BCUT2D eigenvalue weighted by atomic mass is 9.79. The highest BCUT2D eigenvalue weighted by atomic mass is 19.4. The minimum atomic E-state index is -5.47. The number of hydrogen-bond acceptors (Lipinski definition) is 2.